The molecule has 2 rings (SSSR count). The van der Waals surface area contributed by atoms with Crippen molar-refractivity contribution < 1.29 is 0 Å². The van der Waals surface area contributed by atoms with E-state index < -0.39 is 5.54 Å². The van der Waals surface area contributed by atoms with Crippen molar-refractivity contribution in [1.82, 2.24) is 0 Å². The molecule has 1 atom stereocenters. The maximum atomic E-state index is 7.75. The molecule has 0 aliphatic rings. The fraction of sp³-hybridized carbons (Fsp3) is 0.263. The molecule has 0 aliphatic heterocycles. The molecule has 0 saturated carbocycles. The van der Waals surface area contributed by atoms with Crippen LogP contribution in [0.1, 0.15) is 37.8 Å². The van der Waals surface area contributed by atoms with Crippen LogP contribution < -0.4 is 0 Å². The van der Waals surface area contributed by atoms with Crippen LogP contribution in [0.2, 0.25) is 0 Å². The van der Waals surface area contributed by atoms with Crippen LogP contribution in [-0.4, -0.2) is 17.5 Å². The summed E-state index contributed by atoms with van der Waals surface area (Å²) >= 11 is 0. The van der Waals surface area contributed by atoms with Crippen molar-refractivity contribution in [3.8, 4) is 0 Å². The van der Waals surface area contributed by atoms with Crippen molar-refractivity contribution in [2.24, 2.45) is 4.99 Å². The van der Waals surface area contributed by atoms with Gasteiger partial charge >= 0.3 is 0 Å². The van der Waals surface area contributed by atoms with Gasteiger partial charge in [-0.2, -0.15) is 0 Å². The third-order valence-electron chi connectivity index (χ3n) is 3.53. The zero-order valence-corrected chi connectivity index (χ0v) is 12.7. The lowest BCUT2D eigenvalue weighted by molar-refractivity contribution is 0.570. The van der Waals surface area contributed by atoms with Gasteiger partial charge in [-0.25, -0.2) is 0 Å². The van der Waals surface area contributed by atoms with Crippen molar-refractivity contribution in [3.05, 3.63) is 71.8 Å². The number of benzene rings is 2. The first-order chi connectivity index (χ1) is 10.2. The van der Waals surface area contributed by atoms with Gasteiger partial charge in [0.2, 0.25) is 0 Å². The molecule has 0 saturated heterocycles. The molecule has 108 valence electrons. The maximum Gasteiger partial charge on any atom is 0.0929 e. The molecule has 21 heavy (non-hydrogen) atoms. The van der Waals surface area contributed by atoms with Gasteiger partial charge in [-0.05, 0) is 13.3 Å². The zero-order valence-electron chi connectivity index (χ0n) is 12.7. The first-order valence-electron chi connectivity index (χ1n) is 7.41. The fourth-order valence-electron chi connectivity index (χ4n) is 2.41. The smallest absolute Gasteiger partial charge is 0.0929 e. The summed E-state index contributed by atoms with van der Waals surface area (Å²) in [6.45, 7) is 4.15. The largest absolute Gasteiger partial charge is 0.311 e. The van der Waals surface area contributed by atoms with E-state index in [9.17, 15) is 0 Å². The van der Waals surface area contributed by atoms with Gasteiger partial charge in [0.1, 0.15) is 0 Å². The van der Waals surface area contributed by atoms with Gasteiger partial charge in [0.15, 0.2) is 0 Å². The molecule has 2 aromatic rings. The monoisotopic (exact) mass is 278 g/mol. The summed E-state index contributed by atoms with van der Waals surface area (Å²) < 4.78 is 0. The number of nitrogens with zero attached hydrogens (tertiary/aromatic N) is 1. The van der Waals surface area contributed by atoms with Crippen LogP contribution in [0.3, 0.4) is 0 Å². The molecule has 2 aromatic carbocycles. The van der Waals surface area contributed by atoms with Crippen LogP contribution in [0, 0.1) is 5.41 Å². The minimum atomic E-state index is -0.449. The molecular formula is C19H22N2. The minimum absolute atomic E-state index is 0.449. The van der Waals surface area contributed by atoms with Crippen molar-refractivity contribution >= 4 is 11.9 Å². The predicted octanol–water partition coefficient (Wildman–Crippen LogP) is 4.73. The molecule has 0 amide bonds. The van der Waals surface area contributed by atoms with Crippen LogP contribution in [0.4, 0.5) is 0 Å². The number of hydrogen-bond donors (Lipinski definition) is 1. The van der Waals surface area contributed by atoms with Crippen molar-refractivity contribution in [2.45, 2.75) is 32.2 Å². The minimum Gasteiger partial charge on any atom is -0.311 e. The summed E-state index contributed by atoms with van der Waals surface area (Å²) in [5.41, 5.74) is 2.69. The average molecular weight is 278 g/mol. The van der Waals surface area contributed by atoms with Gasteiger partial charge in [-0.3, -0.25) is 4.99 Å². The lowest BCUT2D eigenvalue weighted by Crippen LogP contribution is -2.26. The second-order valence-electron chi connectivity index (χ2n) is 5.44. The Morgan fingerprint density at radius 3 is 1.86 bits per heavy atom. The van der Waals surface area contributed by atoms with E-state index in [-0.39, 0.29) is 0 Å². The van der Waals surface area contributed by atoms with E-state index in [4.69, 9.17) is 10.4 Å². The normalized spacial score (nSPS) is 13.2. The Bertz CT molecular complexity index is 560. The first kappa shape index (κ1) is 15.2. The van der Waals surface area contributed by atoms with Crippen molar-refractivity contribution in [3.63, 3.8) is 0 Å². The van der Waals surface area contributed by atoms with E-state index >= 15 is 0 Å². The van der Waals surface area contributed by atoms with Crippen molar-refractivity contribution in [1.29, 1.82) is 5.41 Å². The van der Waals surface area contributed by atoms with Crippen LogP contribution in [0.25, 0.3) is 0 Å². The molecule has 0 heterocycles. The van der Waals surface area contributed by atoms with Crippen LogP contribution in [0.15, 0.2) is 65.7 Å². The van der Waals surface area contributed by atoms with Gasteiger partial charge in [0.05, 0.1) is 11.3 Å². The van der Waals surface area contributed by atoms with E-state index in [0.29, 0.717) is 0 Å². The highest BCUT2D eigenvalue weighted by molar-refractivity contribution is 6.13. The topological polar surface area (TPSA) is 36.2 Å². The van der Waals surface area contributed by atoms with E-state index in [1.165, 1.54) is 6.21 Å². The van der Waals surface area contributed by atoms with Crippen molar-refractivity contribution in [2.75, 3.05) is 0 Å². The van der Waals surface area contributed by atoms with E-state index in [1.807, 2.05) is 43.3 Å². The summed E-state index contributed by atoms with van der Waals surface area (Å²) in [4.78, 5) is 4.93. The Morgan fingerprint density at radius 1 is 1.00 bits per heavy atom. The molecule has 2 heteroatoms. The zero-order chi connectivity index (χ0) is 15.1. The summed E-state index contributed by atoms with van der Waals surface area (Å²) in [7, 11) is 0. The number of nitrogens with one attached hydrogen (secondary N) is 1. The third-order valence-corrected chi connectivity index (χ3v) is 3.53. The quantitative estimate of drug-likeness (QED) is 0.741. The Kier molecular flexibility index (Phi) is 5.04. The molecule has 0 fully saturated rings. The first-order valence-corrected chi connectivity index (χ1v) is 7.41. The molecule has 2 nitrogen and oxygen atoms in total. The summed E-state index contributed by atoms with van der Waals surface area (Å²) in [6, 6.07) is 20.4. The molecule has 1 N–H and O–H groups in total. The Hall–Kier alpha value is -2.22. The molecule has 0 aliphatic carbocycles. The lowest BCUT2D eigenvalue weighted by atomic mass is 9.95. The maximum absolute atomic E-state index is 7.75. The highest BCUT2D eigenvalue weighted by Crippen LogP contribution is 2.20. The third kappa shape index (κ3) is 3.88. The van der Waals surface area contributed by atoms with Gasteiger partial charge in [0, 0.05) is 17.3 Å². The fourth-order valence-corrected chi connectivity index (χ4v) is 2.41. The molecule has 0 bridgehead atoms. The van der Waals surface area contributed by atoms with Crippen LogP contribution in [0.5, 0.6) is 0 Å². The summed E-state index contributed by atoms with van der Waals surface area (Å²) in [6.07, 6.45) is 3.34. The number of aliphatic imine (C=N–C) groups is 1. The summed E-state index contributed by atoms with van der Waals surface area (Å²) in [5, 5.41) is 7.75. The summed E-state index contributed by atoms with van der Waals surface area (Å²) in [5.74, 6) is 0. The second kappa shape index (κ2) is 6.98. The highest BCUT2D eigenvalue weighted by atomic mass is 14.9. The van der Waals surface area contributed by atoms with Crippen LogP contribution in [-0.2, 0) is 0 Å². The number of hydrogen-bond acceptors (Lipinski definition) is 2. The number of rotatable bonds is 6. The standard InChI is InChI=1S/C19H22N2/c1-3-14-19(2,15-20)21-18(16-10-6-4-7-11-16)17-12-8-5-9-13-17/h4-13,15,20H,3,14H2,1-2H3. The Balaban J connectivity index is 2.54. The van der Waals surface area contributed by atoms with Gasteiger partial charge in [-0.15, -0.1) is 0 Å². The van der Waals surface area contributed by atoms with E-state index in [2.05, 4.69) is 31.2 Å². The Labute approximate surface area is 127 Å². The van der Waals surface area contributed by atoms with Gasteiger partial charge in [0.25, 0.3) is 0 Å². The van der Waals surface area contributed by atoms with Gasteiger partial charge < -0.3 is 5.41 Å². The Morgan fingerprint density at radius 2 is 1.48 bits per heavy atom. The van der Waals surface area contributed by atoms with E-state index in [0.717, 1.165) is 29.7 Å². The molecule has 0 spiro atoms. The molecule has 0 aromatic heterocycles. The average Bonchev–Trinajstić information content (AvgIpc) is 2.55. The molecular weight excluding hydrogens is 256 g/mol. The SMILES string of the molecule is CCCC(C)(C=N)N=C(c1ccccc1)c1ccccc1. The molecule has 1 unspecified atom stereocenters. The molecule has 0 radical (unpaired) electrons. The van der Waals surface area contributed by atoms with E-state index in [1.54, 1.807) is 0 Å². The highest BCUT2D eigenvalue weighted by Gasteiger charge is 2.21. The predicted molar refractivity (Wildman–Crippen MR) is 90.6 cm³/mol. The lowest BCUT2D eigenvalue weighted by Gasteiger charge is -2.21. The van der Waals surface area contributed by atoms with Crippen LogP contribution >= 0.6 is 0 Å². The van der Waals surface area contributed by atoms with Gasteiger partial charge in [-0.1, -0.05) is 74.0 Å². The second-order valence-corrected chi connectivity index (χ2v) is 5.44.